The van der Waals surface area contributed by atoms with Gasteiger partial charge in [-0.15, -0.1) is 0 Å². The van der Waals surface area contributed by atoms with Gasteiger partial charge in [0.1, 0.15) is 5.82 Å². The van der Waals surface area contributed by atoms with Crippen molar-refractivity contribution in [1.82, 2.24) is 15.0 Å². The van der Waals surface area contributed by atoms with E-state index in [1.165, 1.54) is 11.3 Å². The first kappa shape index (κ1) is 18.0. The van der Waals surface area contributed by atoms with E-state index in [4.69, 9.17) is 4.74 Å². The maximum atomic E-state index is 12.7. The third-order valence-corrected chi connectivity index (χ3v) is 5.97. The summed E-state index contributed by atoms with van der Waals surface area (Å²) >= 11 is 1.47. The van der Waals surface area contributed by atoms with Crippen LogP contribution in [-0.4, -0.2) is 34.1 Å². The van der Waals surface area contributed by atoms with Crippen LogP contribution in [0.25, 0.3) is 21.3 Å². The van der Waals surface area contributed by atoms with Crippen LogP contribution in [0.15, 0.2) is 30.6 Å². The molecule has 3 aromatic rings. The predicted molar refractivity (Wildman–Crippen MR) is 107 cm³/mol. The summed E-state index contributed by atoms with van der Waals surface area (Å²) in [7, 11) is 0. The zero-order chi connectivity index (χ0) is 19.0. The van der Waals surface area contributed by atoms with Gasteiger partial charge >= 0.3 is 0 Å². The monoisotopic (exact) mass is 382 g/mol. The number of aryl methyl sites for hydroxylation is 1. The molecule has 0 radical (unpaired) electrons. The fraction of sp³-hybridized carbons (Fsp3) is 0.400. The molecule has 0 aliphatic carbocycles. The van der Waals surface area contributed by atoms with Gasteiger partial charge in [-0.3, -0.25) is 4.79 Å². The largest absolute Gasteiger partial charge is 0.381 e. The van der Waals surface area contributed by atoms with Crippen LogP contribution < -0.4 is 5.32 Å². The lowest BCUT2D eigenvalue weighted by Gasteiger charge is -2.36. The Kier molecular flexibility index (Phi) is 4.65. The highest BCUT2D eigenvalue weighted by atomic mass is 32.1. The number of thiazole rings is 1. The molecule has 0 saturated carbocycles. The minimum Gasteiger partial charge on any atom is -0.381 e. The average Bonchev–Trinajstić information content (AvgIpc) is 3.09. The number of rotatable bonds is 3. The summed E-state index contributed by atoms with van der Waals surface area (Å²) in [5, 5.41) is 4.62. The number of nitrogens with zero attached hydrogens (tertiary/aromatic N) is 3. The first-order chi connectivity index (χ1) is 12.9. The molecule has 7 heteroatoms. The summed E-state index contributed by atoms with van der Waals surface area (Å²) < 4.78 is 5.52. The molecule has 4 rings (SSSR count). The van der Waals surface area contributed by atoms with Gasteiger partial charge in [0, 0.05) is 30.3 Å². The fourth-order valence-electron chi connectivity index (χ4n) is 3.44. The molecular formula is C20H22N4O2S. The number of amides is 1. The molecule has 1 fully saturated rings. The first-order valence-corrected chi connectivity index (χ1v) is 9.82. The number of aromatic nitrogens is 3. The standard InChI is InChI=1S/C20H22N4O2S/c1-12-21-9-14-5-4-13(8-16(14)23-12)17-10-22-19(27-17)24-18(25)15-6-7-26-11-20(15,2)3/h4-5,8-10,15H,6-7,11H2,1-3H3,(H,22,24,25). The molecule has 1 saturated heterocycles. The second-order valence-corrected chi connectivity index (χ2v) is 8.62. The highest BCUT2D eigenvalue weighted by molar-refractivity contribution is 7.19. The number of carbonyl (C=O) groups is 1. The molecule has 27 heavy (non-hydrogen) atoms. The number of hydrogen-bond acceptors (Lipinski definition) is 6. The highest BCUT2D eigenvalue weighted by Crippen LogP contribution is 2.36. The summed E-state index contributed by atoms with van der Waals surface area (Å²) in [6.45, 7) is 7.25. The molecule has 1 unspecified atom stereocenters. The Bertz CT molecular complexity index is 999. The Hall–Kier alpha value is -2.38. The van der Waals surface area contributed by atoms with Gasteiger partial charge < -0.3 is 10.1 Å². The lowest BCUT2D eigenvalue weighted by molar-refractivity contribution is -0.130. The Morgan fingerprint density at radius 2 is 2.15 bits per heavy atom. The Labute approximate surface area is 162 Å². The maximum absolute atomic E-state index is 12.7. The van der Waals surface area contributed by atoms with E-state index in [0.29, 0.717) is 18.3 Å². The van der Waals surface area contributed by atoms with Crippen molar-refractivity contribution < 1.29 is 9.53 Å². The van der Waals surface area contributed by atoms with Gasteiger partial charge in [-0.25, -0.2) is 15.0 Å². The van der Waals surface area contributed by atoms with Crippen LogP contribution in [0, 0.1) is 18.3 Å². The highest BCUT2D eigenvalue weighted by Gasteiger charge is 2.38. The van der Waals surface area contributed by atoms with Crippen molar-refractivity contribution >= 4 is 33.3 Å². The minimum atomic E-state index is -0.168. The van der Waals surface area contributed by atoms with E-state index in [1.54, 1.807) is 6.20 Å². The second-order valence-electron chi connectivity index (χ2n) is 7.59. The van der Waals surface area contributed by atoms with Gasteiger partial charge in [0.25, 0.3) is 0 Å². The van der Waals surface area contributed by atoms with Crippen molar-refractivity contribution in [2.24, 2.45) is 11.3 Å². The molecule has 3 heterocycles. The van der Waals surface area contributed by atoms with Crippen LogP contribution in [0.4, 0.5) is 5.13 Å². The Morgan fingerprint density at radius 1 is 1.30 bits per heavy atom. The van der Waals surface area contributed by atoms with Gasteiger partial charge in [-0.1, -0.05) is 37.3 Å². The van der Waals surface area contributed by atoms with E-state index in [1.807, 2.05) is 31.3 Å². The smallest absolute Gasteiger partial charge is 0.229 e. The minimum absolute atomic E-state index is 0.0195. The molecule has 6 nitrogen and oxygen atoms in total. The van der Waals surface area contributed by atoms with E-state index in [-0.39, 0.29) is 17.2 Å². The summed E-state index contributed by atoms with van der Waals surface area (Å²) in [5.41, 5.74) is 1.77. The summed E-state index contributed by atoms with van der Waals surface area (Å²) in [6.07, 6.45) is 4.36. The number of anilines is 1. The molecule has 0 spiro atoms. The van der Waals surface area contributed by atoms with Crippen molar-refractivity contribution in [3.63, 3.8) is 0 Å². The molecule has 1 aliphatic heterocycles. The van der Waals surface area contributed by atoms with Gasteiger partial charge in [0.05, 0.1) is 17.0 Å². The van der Waals surface area contributed by atoms with Crippen molar-refractivity contribution in [3.8, 4) is 10.4 Å². The van der Waals surface area contributed by atoms with Crippen LogP contribution in [0.1, 0.15) is 26.1 Å². The number of hydrogen-bond donors (Lipinski definition) is 1. The molecule has 2 aromatic heterocycles. The zero-order valence-electron chi connectivity index (χ0n) is 15.7. The van der Waals surface area contributed by atoms with Gasteiger partial charge in [-0.2, -0.15) is 0 Å². The number of ether oxygens (including phenoxy) is 1. The number of nitrogens with one attached hydrogen (secondary N) is 1. The normalized spacial score (nSPS) is 19.1. The van der Waals surface area contributed by atoms with Gasteiger partial charge in [-0.05, 0) is 30.4 Å². The van der Waals surface area contributed by atoms with E-state index in [2.05, 4.69) is 34.1 Å². The molecule has 140 valence electrons. The quantitative estimate of drug-likeness (QED) is 0.739. The van der Waals surface area contributed by atoms with Crippen LogP contribution in [0.2, 0.25) is 0 Å². The maximum Gasteiger partial charge on any atom is 0.229 e. The van der Waals surface area contributed by atoms with Gasteiger partial charge in [0.15, 0.2) is 5.13 Å². The fourth-order valence-corrected chi connectivity index (χ4v) is 4.26. The third-order valence-electron chi connectivity index (χ3n) is 5.01. The summed E-state index contributed by atoms with van der Waals surface area (Å²) in [5.74, 6) is 0.695. The average molecular weight is 382 g/mol. The molecule has 1 amide bonds. The molecule has 1 N–H and O–H groups in total. The van der Waals surface area contributed by atoms with E-state index in [0.717, 1.165) is 33.6 Å². The SMILES string of the molecule is Cc1ncc2ccc(-c3cnc(NC(=O)C4CCOCC4(C)C)s3)cc2n1. The number of carbonyl (C=O) groups excluding carboxylic acids is 1. The van der Waals surface area contributed by atoms with Crippen LogP contribution >= 0.6 is 11.3 Å². The topological polar surface area (TPSA) is 77.0 Å². The lowest BCUT2D eigenvalue weighted by Crippen LogP contribution is -2.42. The molecule has 0 bridgehead atoms. The Morgan fingerprint density at radius 3 is 2.96 bits per heavy atom. The van der Waals surface area contributed by atoms with Crippen LogP contribution in [-0.2, 0) is 9.53 Å². The Balaban J connectivity index is 1.54. The predicted octanol–water partition coefficient (Wildman–Crippen LogP) is 4.06. The van der Waals surface area contributed by atoms with Crippen molar-refractivity contribution in [3.05, 3.63) is 36.4 Å². The first-order valence-electron chi connectivity index (χ1n) is 9.01. The molecule has 1 aliphatic rings. The number of benzene rings is 1. The molecule has 1 aromatic carbocycles. The zero-order valence-corrected chi connectivity index (χ0v) is 16.5. The second kappa shape index (κ2) is 6.98. The lowest BCUT2D eigenvalue weighted by atomic mass is 9.76. The van der Waals surface area contributed by atoms with Crippen molar-refractivity contribution in [2.45, 2.75) is 27.2 Å². The van der Waals surface area contributed by atoms with Crippen LogP contribution in [0.3, 0.4) is 0 Å². The molecular weight excluding hydrogens is 360 g/mol. The summed E-state index contributed by atoms with van der Waals surface area (Å²) in [4.78, 5) is 26.8. The third kappa shape index (κ3) is 3.70. The van der Waals surface area contributed by atoms with Crippen molar-refractivity contribution in [2.75, 3.05) is 18.5 Å². The van der Waals surface area contributed by atoms with Crippen LogP contribution in [0.5, 0.6) is 0 Å². The number of fused-ring (bicyclic) bond motifs is 1. The molecule has 1 atom stereocenters. The van der Waals surface area contributed by atoms with E-state index < -0.39 is 0 Å². The van der Waals surface area contributed by atoms with E-state index >= 15 is 0 Å². The van der Waals surface area contributed by atoms with E-state index in [9.17, 15) is 4.79 Å². The van der Waals surface area contributed by atoms with Gasteiger partial charge in [0.2, 0.25) is 5.91 Å². The van der Waals surface area contributed by atoms with Crippen molar-refractivity contribution in [1.29, 1.82) is 0 Å². The summed E-state index contributed by atoms with van der Waals surface area (Å²) in [6, 6.07) is 6.07.